The van der Waals surface area contributed by atoms with Crippen LogP contribution in [-0.4, -0.2) is 31.2 Å². The van der Waals surface area contributed by atoms with Crippen LogP contribution in [-0.2, 0) is 6.42 Å². The molecule has 3 nitrogen and oxygen atoms in total. The maximum atomic E-state index is 4.66. The van der Waals surface area contributed by atoms with Crippen LogP contribution in [0.3, 0.4) is 0 Å². The van der Waals surface area contributed by atoms with Gasteiger partial charge in [-0.3, -0.25) is 4.98 Å². The molecule has 1 N–H and O–H groups in total. The van der Waals surface area contributed by atoms with Gasteiger partial charge in [0, 0.05) is 31.6 Å². The molecule has 1 aliphatic rings. The van der Waals surface area contributed by atoms with E-state index in [0.717, 1.165) is 38.1 Å². The van der Waals surface area contributed by atoms with Crippen molar-refractivity contribution < 1.29 is 0 Å². The predicted molar refractivity (Wildman–Crippen MR) is 85.4 cm³/mol. The maximum Gasteiger partial charge on any atom is 0.0706 e. The Labute approximate surface area is 121 Å². The Hall–Kier alpha value is -1.61. The van der Waals surface area contributed by atoms with E-state index in [1.165, 1.54) is 16.6 Å². The first-order valence-electron chi connectivity index (χ1n) is 7.57. The number of rotatable bonds is 3. The van der Waals surface area contributed by atoms with Gasteiger partial charge in [-0.25, -0.2) is 0 Å². The number of piperazine rings is 1. The monoisotopic (exact) mass is 269 g/mol. The normalized spacial score (nSPS) is 16.1. The summed E-state index contributed by atoms with van der Waals surface area (Å²) >= 11 is 0. The van der Waals surface area contributed by atoms with Crippen molar-refractivity contribution in [2.45, 2.75) is 20.3 Å². The lowest BCUT2D eigenvalue weighted by atomic mass is 9.98. The minimum Gasteiger partial charge on any atom is -0.368 e. The zero-order valence-corrected chi connectivity index (χ0v) is 12.4. The summed E-state index contributed by atoms with van der Waals surface area (Å²) in [5.74, 6) is 0.670. The maximum absolute atomic E-state index is 4.66. The Morgan fingerprint density at radius 1 is 1.25 bits per heavy atom. The molecule has 2 aromatic rings. The van der Waals surface area contributed by atoms with Crippen molar-refractivity contribution in [1.82, 2.24) is 10.3 Å². The average molecular weight is 269 g/mol. The van der Waals surface area contributed by atoms with E-state index < -0.39 is 0 Å². The summed E-state index contributed by atoms with van der Waals surface area (Å²) in [5.41, 5.74) is 3.79. The van der Waals surface area contributed by atoms with Crippen LogP contribution in [0.1, 0.15) is 19.4 Å². The Morgan fingerprint density at radius 2 is 2.05 bits per heavy atom. The van der Waals surface area contributed by atoms with E-state index in [-0.39, 0.29) is 0 Å². The van der Waals surface area contributed by atoms with Crippen LogP contribution in [0.25, 0.3) is 10.9 Å². The number of nitrogens with zero attached hydrogens (tertiary/aromatic N) is 2. The fourth-order valence-electron chi connectivity index (χ4n) is 2.91. The summed E-state index contributed by atoms with van der Waals surface area (Å²) in [6.07, 6.45) is 3.14. The van der Waals surface area contributed by atoms with E-state index in [4.69, 9.17) is 0 Å². The van der Waals surface area contributed by atoms with Gasteiger partial charge in [0.25, 0.3) is 0 Å². The number of benzene rings is 1. The lowest BCUT2D eigenvalue weighted by Crippen LogP contribution is -2.43. The Bertz CT molecular complexity index is 586. The number of anilines is 1. The van der Waals surface area contributed by atoms with E-state index in [0.29, 0.717) is 5.92 Å². The molecule has 1 aromatic heterocycles. The van der Waals surface area contributed by atoms with Crippen LogP contribution in [0.5, 0.6) is 0 Å². The van der Waals surface area contributed by atoms with Gasteiger partial charge in [-0.15, -0.1) is 0 Å². The fourth-order valence-corrected chi connectivity index (χ4v) is 2.91. The number of fused-ring (bicyclic) bond motifs is 1. The van der Waals surface area contributed by atoms with Crippen molar-refractivity contribution in [3.63, 3.8) is 0 Å². The van der Waals surface area contributed by atoms with E-state index in [1.54, 1.807) is 0 Å². The zero-order chi connectivity index (χ0) is 13.9. The Kier molecular flexibility index (Phi) is 3.88. The number of nitrogens with one attached hydrogen (secondary N) is 1. The van der Waals surface area contributed by atoms with Gasteiger partial charge in [0.15, 0.2) is 0 Å². The number of hydrogen-bond acceptors (Lipinski definition) is 3. The molecule has 1 aliphatic heterocycles. The van der Waals surface area contributed by atoms with E-state index in [9.17, 15) is 0 Å². The highest BCUT2D eigenvalue weighted by Crippen LogP contribution is 2.25. The van der Waals surface area contributed by atoms with Crippen molar-refractivity contribution >= 4 is 16.6 Å². The second-order valence-corrected chi connectivity index (χ2v) is 6.01. The van der Waals surface area contributed by atoms with Gasteiger partial charge in [0.2, 0.25) is 0 Å². The van der Waals surface area contributed by atoms with Gasteiger partial charge in [-0.1, -0.05) is 26.0 Å². The van der Waals surface area contributed by atoms with E-state index >= 15 is 0 Å². The summed E-state index contributed by atoms with van der Waals surface area (Å²) in [6.45, 7) is 8.80. The molecule has 3 heteroatoms. The first-order valence-corrected chi connectivity index (χ1v) is 7.57. The van der Waals surface area contributed by atoms with Crippen molar-refractivity contribution in [3.05, 3.63) is 36.0 Å². The van der Waals surface area contributed by atoms with Gasteiger partial charge in [0.05, 0.1) is 17.4 Å². The lowest BCUT2D eigenvalue weighted by Gasteiger charge is -2.29. The standard InChI is InChI=1S/C17H23N3/c1-13(2)10-14-4-3-5-17-16(14)11-15(12-19-17)20-8-6-18-7-9-20/h3-5,11-13,18H,6-10H2,1-2H3. The van der Waals surface area contributed by atoms with Gasteiger partial charge in [-0.05, 0) is 30.0 Å². The second kappa shape index (κ2) is 5.80. The molecule has 0 amide bonds. The molecule has 0 atom stereocenters. The molecule has 0 saturated carbocycles. The van der Waals surface area contributed by atoms with Crippen molar-refractivity contribution in [2.75, 3.05) is 31.1 Å². The number of aromatic nitrogens is 1. The molecule has 106 valence electrons. The zero-order valence-electron chi connectivity index (χ0n) is 12.4. The lowest BCUT2D eigenvalue weighted by molar-refractivity contribution is 0.589. The quantitative estimate of drug-likeness (QED) is 0.928. The summed E-state index contributed by atoms with van der Waals surface area (Å²) in [4.78, 5) is 7.09. The summed E-state index contributed by atoms with van der Waals surface area (Å²) < 4.78 is 0. The molecule has 1 saturated heterocycles. The summed E-state index contributed by atoms with van der Waals surface area (Å²) in [6, 6.07) is 8.80. The molecule has 3 rings (SSSR count). The van der Waals surface area contributed by atoms with Crippen LogP contribution in [0.4, 0.5) is 5.69 Å². The van der Waals surface area contributed by atoms with Crippen LogP contribution in [0.15, 0.2) is 30.5 Å². The molecule has 0 spiro atoms. The van der Waals surface area contributed by atoms with Crippen LogP contribution < -0.4 is 10.2 Å². The van der Waals surface area contributed by atoms with Crippen LogP contribution in [0.2, 0.25) is 0 Å². The molecular weight excluding hydrogens is 246 g/mol. The van der Waals surface area contributed by atoms with Crippen LogP contribution >= 0.6 is 0 Å². The Morgan fingerprint density at radius 3 is 2.80 bits per heavy atom. The summed E-state index contributed by atoms with van der Waals surface area (Å²) in [5, 5.41) is 4.71. The minimum atomic E-state index is 0.670. The first-order chi connectivity index (χ1) is 9.74. The molecule has 0 aliphatic carbocycles. The van der Waals surface area contributed by atoms with Crippen molar-refractivity contribution in [2.24, 2.45) is 5.92 Å². The smallest absolute Gasteiger partial charge is 0.0706 e. The van der Waals surface area contributed by atoms with Gasteiger partial charge in [-0.2, -0.15) is 0 Å². The third-order valence-electron chi connectivity index (χ3n) is 3.91. The molecular formula is C17H23N3. The van der Waals surface area contributed by atoms with Crippen molar-refractivity contribution in [3.8, 4) is 0 Å². The third-order valence-corrected chi connectivity index (χ3v) is 3.91. The van der Waals surface area contributed by atoms with E-state index in [2.05, 4.69) is 53.3 Å². The van der Waals surface area contributed by atoms with Crippen molar-refractivity contribution in [1.29, 1.82) is 0 Å². The molecule has 20 heavy (non-hydrogen) atoms. The molecule has 0 unspecified atom stereocenters. The summed E-state index contributed by atoms with van der Waals surface area (Å²) in [7, 11) is 0. The largest absolute Gasteiger partial charge is 0.368 e. The minimum absolute atomic E-state index is 0.670. The number of hydrogen-bond donors (Lipinski definition) is 1. The SMILES string of the molecule is CC(C)Cc1cccc2ncc(N3CCNCC3)cc12. The number of pyridine rings is 1. The highest BCUT2D eigenvalue weighted by Gasteiger charge is 2.12. The topological polar surface area (TPSA) is 28.2 Å². The van der Waals surface area contributed by atoms with E-state index in [1.807, 2.05) is 6.20 Å². The predicted octanol–water partition coefficient (Wildman–Crippen LogP) is 2.84. The fraction of sp³-hybridized carbons (Fsp3) is 0.471. The molecule has 2 heterocycles. The highest BCUT2D eigenvalue weighted by molar-refractivity contribution is 5.85. The first kappa shape index (κ1) is 13.4. The third kappa shape index (κ3) is 2.78. The molecule has 1 fully saturated rings. The molecule has 1 aromatic carbocycles. The molecule has 0 bridgehead atoms. The second-order valence-electron chi connectivity index (χ2n) is 6.01. The average Bonchev–Trinajstić information content (AvgIpc) is 2.47. The van der Waals surface area contributed by atoms with Gasteiger partial charge < -0.3 is 10.2 Å². The Balaban J connectivity index is 1.99. The highest BCUT2D eigenvalue weighted by atomic mass is 15.2. The molecule has 0 radical (unpaired) electrons. The van der Waals surface area contributed by atoms with Gasteiger partial charge >= 0.3 is 0 Å². The van der Waals surface area contributed by atoms with Crippen LogP contribution in [0, 0.1) is 5.92 Å². The van der Waals surface area contributed by atoms with Gasteiger partial charge in [0.1, 0.15) is 0 Å².